The monoisotopic (exact) mass is 297 g/mol. The second-order valence-electron chi connectivity index (χ2n) is 4.00. The highest BCUT2D eigenvalue weighted by atomic mass is 32.1. The Labute approximate surface area is 114 Å². The summed E-state index contributed by atoms with van der Waals surface area (Å²) < 4.78 is 39.1. The summed E-state index contributed by atoms with van der Waals surface area (Å²) in [5, 5.41) is 4.61. The first-order chi connectivity index (χ1) is 9.50. The lowest BCUT2D eigenvalue weighted by atomic mass is 10.3. The smallest absolute Gasteiger partial charge is 0.281 e. The molecular formula is C12H6F3N3OS. The predicted octanol–water partition coefficient (Wildman–Crippen LogP) is 4.48. The van der Waals surface area contributed by atoms with E-state index in [1.807, 2.05) is 0 Å². The number of fused-ring (bicyclic) bond motifs is 1. The van der Waals surface area contributed by atoms with Crippen LogP contribution in [-0.4, -0.2) is 9.38 Å². The minimum Gasteiger partial charge on any atom is -0.281 e. The molecule has 8 heteroatoms. The topological polar surface area (TPSA) is 46.7 Å². The van der Waals surface area contributed by atoms with E-state index in [9.17, 15) is 18.1 Å². The van der Waals surface area contributed by atoms with Crippen molar-refractivity contribution in [1.82, 2.24) is 9.38 Å². The highest BCUT2D eigenvalue weighted by Gasteiger charge is 2.31. The number of imidazole rings is 1. The van der Waals surface area contributed by atoms with Crippen LogP contribution in [0.25, 0.3) is 16.2 Å². The number of thiophene rings is 1. The number of rotatable bonds is 2. The van der Waals surface area contributed by atoms with E-state index in [0.29, 0.717) is 4.88 Å². The van der Waals surface area contributed by atoms with Gasteiger partial charge in [0.25, 0.3) is 0 Å². The minimum atomic E-state index is -4.48. The van der Waals surface area contributed by atoms with Gasteiger partial charge in [0.15, 0.2) is 0 Å². The summed E-state index contributed by atoms with van der Waals surface area (Å²) in [7, 11) is 0. The minimum absolute atomic E-state index is 0.131. The Morgan fingerprint density at radius 1 is 1.25 bits per heavy atom. The lowest BCUT2D eigenvalue weighted by Crippen LogP contribution is -2.05. The number of alkyl halides is 3. The van der Waals surface area contributed by atoms with Gasteiger partial charge in [-0.15, -0.1) is 16.2 Å². The number of hydrogen-bond acceptors (Lipinski definition) is 4. The summed E-state index contributed by atoms with van der Waals surface area (Å²) in [6.07, 6.45) is -3.65. The molecular weight excluding hydrogens is 291 g/mol. The zero-order chi connectivity index (χ0) is 14.3. The largest absolute Gasteiger partial charge is 0.417 e. The highest BCUT2D eigenvalue weighted by Crippen LogP contribution is 2.36. The number of aromatic nitrogens is 2. The van der Waals surface area contributed by atoms with Crippen molar-refractivity contribution in [2.45, 2.75) is 6.18 Å². The molecule has 102 valence electrons. The first-order valence-electron chi connectivity index (χ1n) is 5.47. The zero-order valence-corrected chi connectivity index (χ0v) is 10.6. The molecule has 3 aromatic heterocycles. The van der Waals surface area contributed by atoms with E-state index < -0.39 is 11.7 Å². The van der Waals surface area contributed by atoms with Gasteiger partial charge in [-0.3, -0.25) is 4.40 Å². The molecule has 0 aliphatic heterocycles. The van der Waals surface area contributed by atoms with Gasteiger partial charge in [-0.05, 0) is 28.8 Å². The van der Waals surface area contributed by atoms with Crippen LogP contribution >= 0.6 is 11.3 Å². The first-order valence-corrected chi connectivity index (χ1v) is 6.35. The molecule has 3 heterocycles. The molecule has 0 atom stereocenters. The van der Waals surface area contributed by atoms with Gasteiger partial charge < -0.3 is 0 Å². The van der Waals surface area contributed by atoms with Gasteiger partial charge in [-0.1, -0.05) is 6.07 Å². The number of pyridine rings is 1. The Morgan fingerprint density at radius 2 is 2.05 bits per heavy atom. The average Bonchev–Trinajstić information content (AvgIpc) is 3.03. The van der Waals surface area contributed by atoms with Gasteiger partial charge in [0.05, 0.1) is 10.4 Å². The Bertz CT molecular complexity index is 777. The zero-order valence-electron chi connectivity index (χ0n) is 9.76. The predicted molar refractivity (Wildman–Crippen MR) is 69.0 cm³/mol. The second-order valence-corrected chi connectivity index (χ2v) is 4.94. The van der Waals surface area contributed by atoms with Crippen molar-refractivity contribution in [3.63, 3.8) is 0 Å². The molecule has 3 aromatic rings. The third-order valence-corrected chi connectivity index (χ3v) is 3.64. The average molecular weight is 297 g/mol. The Kier molecular flexibility index (Phi) is 2.82. The molecule has 4 nitrogen and oxygen atoms in total. The van der Waals surface area contributed by atoms with Crippen LogP contribution in [0.1, 0.15) is 5.56 Å². The van der Waals surface area contributed by atoms with E-state index >= 15 is 0 Å². The van der Waals surface area contributed by atoms with Gasteiger partial charge in [-0.25, -0.2) is 4.98 Å². The fourth-order valence-corrected chi connectivity index (χ4v) is 2.58. The lowest BCUT2D eigenvalue weighted by Gasteiger charge is -2.06. The number of halogens is 3. The van der Waals surface area contributed by atoms with Crippen LogP contribution in [-0.2, 0) is 6.18 Å². The van der Waals surface area contributed by atoms with Crippen LogP contribution in [0.5, 0.6) is 0 Å². The Hall–Kier alpha value is -2.22. The Morgan fingerprint density at radius 3 is 2.65 bits per heavy atom. The fraction of sp³-hybridized carbons (Fsp3) is 0.0833. The van der Waals surface area contributed by atoms with Crippen molar-refractivity contribution >= 4 is 22.8 Å². The molecule has 0 unspecified atom stereocenters. The van der Waals surface area contributed by atoms with Gasteiger partial charge >= 0.3 is 6.18 Å². The SMILES string of the molecule is O=Nc1c(-c2cccs2)nc2ccc(C(F)(F)F)cn12. The molecule has 0 amide bonds. The van der Waals surface area contributed by atoms with Crippen LogP contribution in [0.2, 0.25) is 0 Å². The summed E-state index contributed by atoms with van der Waals surface area (Å²) in [6, 6.07) is 5.63. The van der Waals surface area contributed by atoms with Crippen LogP contribution in [0.3, 0.4) is 0 Å². The van der Waals surface area contributed by atoms with E-state index in [1.54, 1.807) is 17.5 Å². The molecule has 0 saturated carbocycles. The first kappa shape index (κ1) is 12.8. The third kappa shape index (κ3) is 1.97. The normalized spacial score (nSPS) is 11.9. The van der Waals surface area contributed by atoms with E-state index in [4.69, 9.17) is 0 Å². The maximum Gasteiger partial charge on any atom is 0.417 e. The van der Waals surface area contributed by atoms with Crippen molar-refractivity contribution < 1.29 is 13.2 Å². The van der Waals surface area contributed by atoms with Crippen molar-refractivity contribution in [2.75, 3.05) is 0 Å². The van der Waals surface area contributed by atoms with Crippen molar-refractivity contribution in [1.29, 1.82) is 0 Å². The summed E-state index contributed by atoms with van der Waals surface area (Å²) in [6.45, 7) is 0. The van der Waals surface area contributed by atoms with Crippen LogP contribution in [0.15, 0.2) is 41.0 Å². The molecule has 0 N–H and O–H groups in total. The summed E-state index contributed by atoms with van der Waals surface area (Å²) in [4.78, 5) is 15.8. The van der Waals surface area contributed by atoms with Crippen molar-refractivity contribution in [3.05, 3.63) is 46.3 Å². The van der Waals surface area contributed by atoms with E-state index in [0.717, 1.165) is 16.7 Å². The summed E-state index contributed by atoms with van der Waals surface area (Å²) in [5.41, 5.74) is -0.324. The standard InChI is InChI=1S/C12H6F3N3OS/c13-12(14,15)7-3-4-9-16-10(8-2-1-5-20-8)11(17-19)18(9)6-7/h1-6H. The molecule has 0 bridgehead atoms. The number of nitroso groups, excluding NO2 is 1. The fourth-order valence-electron chi connectivity index (χ4n) is 1.87. The molecule has 0 fully saturated rings. The number of hydrogen-bond donors (Lipinski definition) is 0. The molecule has 0 aliphatic carbocycles. The van der Waals surface area contributed by atoms with E-state index in [2.05, 4.69) is 10.2 Å². The van der Waals surface area contributed by atoms with E-state index in [1.165, 1.54) is 17.4 Å². The van der Waals surface area contributed by atoms with Crippen LogP contribution in [0, 0.1) is 4.91 Å². The third-order valence-electron chi connectivity index (χ3n) is 2.76. The lowest BCUT2D eigenvalue weighted by molar-refractivity contribution is -0.137. The molecule has 0 spiro atoms. The molecule has 3 rings (SSSR count). The molecule has 0 aromatic carbocycles. The molecule has 20 heavy (non-hydrogen) atoms. The summed E-state index contributed by atoms with van der Waals surface area (Å²) >= 11 is 1.33. The quantitative estimate of drug-likeness (QED) is 0.655. The Balaban J connectivity index is 2.28. The van der Waals surface area contributed by atoms with Gasteiger partial charge in [-0.2, -0.15) is 13.2 Å². The summed E-state index contributed by atoms with van der Waals surface area (Å²) in [5.74, 6) is -0.131. The molecule has 0 saturated heterocycles. The van der Waals surface area contributed by atoms with Gasteiger partial charge in [0, 0.05) is 6.20 Å². The van der Waals surface area contributed by atoms with Gasteiger partial charge in [0.2, 0.25) is 5.82 Å². The van der Waals surface area contributed by atoms with E-state index in [-0.39, 0.29) is 17.2 Å². The van der Waals surface area contributed by atoms with Crippen LogP contribution < -0.4 is 0 Å². The van der Waals surface area contributed by atoms with Crippen molar-refractivity contribution in [3.8, 4) is 10.6 Å². The molecule has 0 aliphatic rings. The highest BCUT2D eigenvalue weighted by molar-refractivity contribution is 7.13. The maximum absolute atomic E-state index is 12.7. The van der Waals surface area contributed by atoms with Gasteiger partial charge in [0.1, 0.15) is 11.3 Å². The second kappa shape index (κ2) is 4.41. The maximum atomic E-state index is 12.7. The number of nitrogens with zero attached hydrogens (tertiary/aromatic N) is 3. The van der Waals surface area contributed by atoms with Crippen molar-refractivity contribution in [2.24, 2.45) is 5.18 Å². The van der Waals surface area contributed by atoms with Crippen LogP contribution in [0.4, 0.5) is 19.0 Å². The molecule has 0 radical (unpaired) electrons.